The largest absolute Gasteiger partial charge is 0.506 e. The fourth-order valence-corrected chi connectivity index (χ4v) is 4.29. The normalized spacial score (nSPS) is 11.4. The number of rotatable bonds is 3. The molecule has 0 radical (unpaired) electrons. The van der Waals surface area contributed by atoms with Gasteiger partial charge in [-0.15, -0.1) is 0 Å². The van der Waals surface area contributed by atoms with Crippen molar-refractivity contribution in [2.24, 2.45) is 0 Å². The fraction of sp³-hybridized carbons (Fsp3) is 0.0385. The zero-order chi connectivity index (χ0) is 22.5. The highest BCUT2D eigenvalue weighted by Gasteiger charge is 2.25. The summed E-state index contributed by atoms with van der Waals surface area (Å²) in [6.07, 6.45) is 3.22. The van der Waals surface area contributed by atoms with Crippen molar-refractivity contribution in [1.29, 1.82) is 0 Å². The van der Waals surface area contributed by atoms with Gasteiger partial charge in [-0.05, 0) is 54.1 Å². The first-order valence-electron chi connectivity index (χ1n) is 10.3. The fourth-order valence-electron chi connectivity index (χ4n) is 4.29. The number of ether oxygens (including phenoxy) is 1. The molecule has 0 spiro atoms. The van der Waals surface area contributed by atoms with Crippen LogP contribution in [0.5, 0.6) is 11.5 Å². The number of aromatic nitrogens is 3. The maximum Gasteiger partial charge on any atom is 0.348 e. The number of para-hydroxylation sites is 1. The van der Waals surface area contributed by atoms with Crippen LogP contribution in [0.15, 0.2) is 82.3 Å². The van der Waals surface area contributed by atoms with E-state index >= 15 is 0 Å². The highest BCUT2D eigenvalue weighted by atomic mass is 16.5. The molecule has 33 heavy (non-hydrogen) atoms. The Balaban J connectivity index is 1.79. The SMILES string of the molecule is COc1ccc(-c2[nH]c3ccc4nccnc4c3c2-c2c(O)c3ccccc3oc2=O)cc1. The summed E-state index contributed by atoms with van der Waals surface area (Å²) in [6, 6.07) is 18.1. The van der Waals surface area contributed by atoms with E-state index in [-0.39, 0.29) is 11.3 Å². The molecular formula is C26H17N3O4. The van der Waals surface area contributed by atoms with Gasteiger partial charge in [0.15, 0.2) is 0 Å². The first-order chi connectivity index (χ1) is 16.2. The molecule has 3 heterocycles. The van der Waals surface area contributed by atoms with E-state index in [0.717, 1.165) is 11.1 Å². The van der Waals surface area contributed by atoms with Crippen molar-refractivity contribution in [2.45, 2.75) is 0 Å². The minimum absolute atomic E-state index is 0.0731. The molecule has 6 rings (SSSR count). The first kappa shape index (κ1) is 19.1. The van der Waals surface area contributed by atoms with Gasteiger partial charge in [0.05, 0.1) is 29.2 Å². The number of nitrogens with zero attached hydrogens (tertiary/aromatic N) is 2. The topological polar surface area (TPSA) is 101 Å². The Morgan fingerprint density at radius 1 is 0.939 bits per heavy atom. The van der Waals surface area contributed by atoms with Crippen molar-refractivity contribution in [3.63, 3.8) is 0 Å². The third-order valence-corrected chi connectivity index (χ3v) is 5.81. The summed E-state index contributed by atoms with van der Waals surface area (Å²) < 4.78 is 10.9. The third-order valence-electron chi connectivity index (χ3n) is 5.81. The maximum absolute atomic E-state index is 13.2. The average molecular weight is 435 g/mol. The van der Waals surface area contributed by atoms with Crippen LogP contribution in [-0.4, -0.2) is 27.2 Å². The van der Waals surface area contributed by atoms with E-state index in [1.807, 2.05) is 36.4 Å². The van der Waals surface area contributed by atoms with Gasteiger partial charge in [-0.1, -0.05) is 12.1 Å². The molecule has 0 saturated carbocycles. The molecule has 2 N–H and O–H groups in total. The summed E-state index contributed by atoms with van der Waals surface area (Å²) in [4.78, 5) is 25.6. The molecule has 0 aliphatic carbocycles. The van der Waals surface area contributed by atoms with Crippen LogP contribution >= 0.6 is 0 Å². The number of nitrogens with one attached hydrogen (secondary N) is 1. The predicted molar refractivity (Wildman–Crippen MR) is 127 cm³/mol. The Hall–Kier alpha value is -4.65. The Bertz CT molecular complexity index is 1730. The van der Waals surface area contributed by atoms with E-state index in [4.69, 9.17) is 9.15 Å². The maximum atomic E-state index is 13.2. The Morgan fingerprint density at radius 2 is 1.73 bits per heavy atom. The number of aromatic amines is 1. The minimum atomic E-state index is -0.636. The second kappa shape index (κ2) is 7.20. The molecule has 3 aromatic heterocycles. The van der Waals surface area contributed by atoms with E-state index in [0.29, 0.717) is 44.4 Å². The van der Waals surface area contributed by atoms with Crippen molar-refractivity contribution in [3.05, 3.63) is 83.5 Å². The molecular weight excluding hydrogens is 418 g/mol. The Kier molecular flexibility index (Phi) is 4.16. The van der Waals surface area contributed by atoms with Gasteiger partial charge >= 0.3 is 5.63 Å². The highest BCUT2D eigenvalue weighted by Crippen LogP contribution is 2.44. The zero-order valence-electron chi connectivity index (χ0n) is 17.5. The number of fused-ring (bicyclic) bond motifs is 4. The van der Waals surface area contributed by atoms with Gasteiger partial charge in [0.2, 0.25) is 0 Å². The zero-order valence-corrected chi connectivity index (χ0v) is 17.5. The van der Waals surface area contributed by atoms with Gasteiger partial charge in [0.25, 0.3) is 0 Å². The van der Waals surface area contributed by atoms with E-state index in [1.165, 1.54) is 0 Å². The number of hydrogen-bond donors (Lipinski definition) is 2. The van der Waals surface area contributed by atoms with Gasteiger partial charge in [-0.2, -0.15) is 0 Å². The molecule has 0 amide bonds. The van der Waals surface area contributed by atoms with Crippen molar-refractivity contribution in [1.82, 2.24) is 15.0 Å². The van der Waals surface area contributed by atoms with E-state index < -0.39 is 5.63 Å². The molecule has 0 fully saturated rings. The molecule has 160 valence electrons. The molecule has 0 bridgehead atoms. The summed E-state index contributed by atoms with van der Waals surface area (Å²) in [5, 5.41) is 12.4. The predicted octanol–water partition coefficient (Wildman–Crippen LogP) is 5.27. The smallest absolute Gasteiger partial charge is 0.348 e. The van der Waals surface area contributed by atoms with Crippen LogP contribution in [0.25, 0.3) is 55.3 Å². The van der Waals surface area contributed by atoms with Crippen LogP contribution in [0.2, 0.25) is 0 Å². The van der Waals surface area contributed by atoms with Crippen LogP contribution in [0.4, 0.5) is 0 Å². The Labute approximate surface area is 186 Å². The van der Waals surface area contributed by atoms with E-state index in [1.54, 1.807) is 43.8 Å². The van der Waals surface area contributed by atoms with Crippen molar-refractivity contribution in [3.8, 4) is 33.9 Å². The van der Waals surface area contributed by atoms with Gasteiger partial charge < -0.3 is 19.2 Å². The number of methoxy groups -OCH3 is 1. The molecule has 7 heteroatoms. The Morgan fingerprint density at radius 3 is 2.55 bits per heavy atom. The lowest BCUT2D eigenvalue weighted by Gasteiger charge is -2.10. The molecule has 6 aromatic rings. The van der Waals surface area contributed by atoms with Crippen molar-refractivity contribution in [2.75, 3.05) is 7.11 Å². The van der Waals surface area contributed by atoms with Gasteiger partial charge in [-0.25, -0.2) is 4.79 Å². The number of benzene rings is 3. The molecule has 3 aromatic carbocycles. The first-order valence-corrected chi connectivity index (χ1v) is 10.3. The number of hydrogen-bond acceptors (Lipinski definition) is 6. The molecule has 0 aliphatic rings. The molecule has 7 nitrogen and oxygen atoms in total. The summed E-state index contributed by atoms with van der Waals surface area (Å²) in [5.74, 6) is 0.569. The quantitative estimate of drug-likeness (QED) is 0.368. The third kappa shape index (κ3) is 2.86. The van der Waals surface area contributed by atoms with Gasteiger partial charge in [0, 0.05) is 28.9 Å². The lowest BCUT2D eigenvalue weighted by atomic mass is 9.97. The number of aromatic hydroxyl groups is 1. The van der Waals surface area contributed by atoms with Gasteiger partial charge in [0.1, 0.15) is 22.6 Å². The molecule has 0 aliphatic heterocycles. The standard InChI is InChI=1S/C26H17N3O4/c1-32-15-8-6-14(7-9-15)23-21(20-17(29-23)10-11-18-24(20)28-13-12-27-18)22-25(30)16-4-2-3-5-19(16)33-26(22)31/h2-13,29-30H,1H3. The van der Waals surface area contributed by atoms with Crippen molar-refractivity contribution >= 4 is 32.9 Å². The van der Waals surface area contributed by atoms with Crippen LogP contribution < -0.4 is 10.4 Å². The minimum Gasteiger partial charge on any atom is -0.506 e. The summed E-state index contributed by atoms with van der Waals surface area (Å²) in [6.45, 7) is 0. The lowest BCUT2D eigenvalue weighted by molar-refractivity contribution is 0.415. The van der Waals surface area contributed by atoms with Crippen LogP contribution in [0, 0.1) is 0 Å². The van der Waals surface area contributed by atoms with E-state index in [9.17, 15) is 9.90 Å². The molecule has 0 atom stereocenters. The van der Waals surface area contributed by atoms with Gasteiger partial charge in [-0.3, -0.25) is 9.97 Å². The molecule has 0 saturated heterocycles. The van der Waals surface area contributed by atoms with Crippen LogP contribution in [0.3, 0.4) is 0 Å². The molecule has 0 unspecified atom stereocenters. The van der Waals surface area contributed by atoms with E-state index in [2.05, 4.69) is 15.0 Å². The second-order valence-corrected chi connectivity index (χ2v) is 7.62. The van der Waals surface area contributed by atoms with Crippen LogP contribution in [-0.2, 0) is 0 Å². The summed E-state index contributed by atoms with van der Waals surface area (Å²) in [5.41, 5.74) is 3.79. The second-order valence-electron chi connectivity index (χ2n) is 7.62. The van der Waals surface area contributed by atoms with Crippen molar-refractivity contribution < 1.29 is 14.3 Å². The lowest BCUT2D eigenvalue weighted by Crippen LogP contribution is -2.04. The average Bonchev–Trinajstić information content (AvgIpc) is 3.24. The highest BCUT2D eigenvalue weighted by molar-refractivity contribution is 6.16. The summed E-state index contributed by atoms with van der Waals surface area (Å²) in [7, 11) is 1.60. The van der Waals surface area contributed by atoms with Crippen LogP contribution in [0.1, 0.15) is 0 Å². The monoisotopic (exact) mass is 435 g/mol. The summed E-state index contributed by atoms with van der Waals surface area (Å²) >= 11 is 0. The number of H-pyrrole nitrogens is 1.